The maximum Gasteiger partial charge on any atom is 0.256 e. The highest BCUT2D eigenvalue weighted by molar-refractivity contribution is 5.96. The van der Waals surface area contributed by atoms with Crippen LogP contribution in [0.3, 0.4) is 0 Å². The topological polar surface area (TPSA) is 99.4 Å². The second kappa shape index (κ2) is 7.41. The first kappa shape index (κ1) is 17.0. The van der Waals surface area contributed by atoms with Gasteiger partial charge in [-0.1, -0.05) is 5.16 Å². The SMILES string of the molecule is COc1nc2c(cc1C(=O)NCCc1noc(C3CCCO3)n1)CCC2. The Labute approximate surface area is 151 Å². The van der Waals surface area contributed by atoms with Crippen LogP contribution in [0.5, 0.6) is 5.88 Å². The Morgan fingerprint density at radius 2 is 2.27 bits per heavy atom. The molecule has 4 rings (SSSR count). The van der Waals surface area contributed by atoms with Gasteiger partial charge in [-0.15, -0.1) is 0 Å². The summed E-state index contributed by atoms with van der Waals surface area (Å²) in [5.74, 6) is 1.26. The molecule has 8 heteroatoms. The van der Waals surface area contributed by atoms with Crippen molar-refractivity contribution < 1.29 is 18.8 Å². The molecule has 2 aromatic heterocycles. The molecule has 2 aromatic rings. The highest BCUT2D eigenvalue weighted by Crippen LogP contribution is 2.27. The third-order valence-electron chi connectivity index (χ3n) is 4.78. The van der Waals surface area contributed by atoms with Crippen LogP contribution in [-0.4, -0.2) is 41.3 Å². The molecule has 1 unspecified atom stereocenters. The highest BCUT2D eigenvalue weighted by atomic mass is 16.5. The molecule has 138 valence electrons. The molecule has 1 aliphatic heterocycles. The molecule has 1 N–H and O–H groups in total. The van der Waals surface area contributed by atoms with Crippen LogP contribution in [0.1, 0.15) is 58.7 Å². The normalized spacial score (nSPS) is 18.7. The maximum atomic E-state index is 12.5. The van der Waals surface area contributed by atoms with E-state index in [9.17, 15) is 4.79 Å². The average molecular weight is 358 g/mol. The number of ether oxygens (including phenoxy) is 2. The van der Waals surface area contributed by atoms with Crippen molar-refractivity contribution in [2.24, 2.45) is 0 Å². The Bertz CT molecular complexity index is 798. The van der Waals surface area contributed by atoms with Crippen molar-refractivity contribution in [2.75, 3.05) is 20.3 Å². The molecule has 0 radical (unpaired) electrons. The molecular formula is C18H22N4O4. The predicted molar refractivity (Wildman–Crippen MR) is 91.1 cm³/mol. The lowest BCUT2D eigenvalue weighted by Crippen LogP contribution is -2.27. The molecule has 3 heterocycles. The van der Waals surface area contributed by atoms with Gasteiger partial charge in [-0.25, -0.2) is 4.98 Å². The number of nitrogens with one attached hydrogen (secondary N) is 1. The zero-order valence-electron chi connectivity index (χ0n) is 14.8. The quantitative estimate of drug-likeness (QED) is 0.840. The number of methoxy groups -OCH3 is 1. The molecule has 26 heavy (non-hydrogen) atoms. The number of aromatic nitrogens is 3. The van der Waals surface area contributed by atoms with E-state index < -0.39 is 0 Å². The minimum Gasteiger partial charge on any atom is -0.480 e. The van der Waals surface area contributed by atoms with Gasteiger partial charge in [0.2, 0.25) is 5.88 Å². The van der Waals surface area contributed by atoms with Crippen LogP contribution in [-0.2, 0) is 24.0 Å². The van der Waals surface area contributed by atoms with Gasteiger partial charge >= 0.3 is 0 Å². The first-order valence-corrected chi connectivity index (χ1v) is 9.03. The lowest BCUT2D eigenvalue weighted by Gasteiger charge is -2.10. The van der Waals surface area contributed by atoms with Crippen LogP contribution in [0.2, 0.25) is 0 Å². The molecule has 0 spiro atoms. The summed E-state index contributed by atoms with van der Waals surface area (Å²) in [7, 11) is 1.53. The number of hydrogen-bond donors (Lipinski definition) is 1. The van der Waals surface area contributed by atoms with Crippen molar-refractivity contribution in [1.29, 1.82) is 0 Å². The minimum atomic E-state index is -0.202. The van der Waals surface area contributed by atoms with E-state index in [4.69, 9.17) is 14.0 Å². The van der Waals surface area contributed by atoms with Crippen molar-refractivity contribution in [3.05, 3.63) is 34.6 Å². The third kappa shape index (κ3) is 3.41. The fourth-order valence-electron chi connectivity index (χ4n) is 3.43. The van der Waals surface area contributed by atoms with Crippen LogP contribution in [0.15, 0.2) is 10.6 Å². The van der Waals surface area contributed by atoms with Crippen molar-refractivity contribution in [3.63, 3.8) is 0 Å². The molecule has 1 amide bonds. The predicted octanol–water partition coefficient (Wildman–Crippen LogP) is 1.79. The van der Waals surface area contributed by atoms with E-state index in [1.807, 2.05) is 6.07 Å². The van der Waals surface area contributed by atoms with Crippen LogP contribution in [0.4, 0.5) is 0 Å². The standard InChI is InChI=1S/C18H22N4O4/c1-24-17-12(10-11-4-2-5-13(11)20-17)16(23)19-8-7-15-21-18(26-22-15)14-6-3-9-25-14/h10,14H,2-9H2,1H3,(H,19,23). The zero-order valence-corrected chi connectivity index (χ0v) is 14.8. The monoisotopic (exact) mass is 358 g/mol. The Morgan fingerprint density at radius 1 is 1.35 bits per heavy atom. The maximum absolute atomic E-state index is 12.5. The summed E-state index contributed by atoms with van der Waals surface area (Å²) in [5, 5.41) is 6.84. The molecule has 1 atom stereocenters. The number of pyridine rings is 1. The number of carbonyl (C=O) groups excluding carboxylic acids is 1. The smallest absolute Gasteiger partial charge is 0.256 e. The Morgan fingerprint density at radius 3 is 3.08 bits per heavy atom. The summed E-state index contributed by atoms with van der Waals surface area (Å²) in [4.78, 5) is 21.3. The van der Waals surface area contributed by atoms with Crippen molar-refractivity contribution in [2.45, 2.75) is 44.6 Å². The Hall–Kier alpha value is -2.48. The lowest BCUT2D eigenvalue weighted by atomic mass is 10.1. The molecule has 1 aliphatic carbocycles. The van der Waals surface area contributed by atoms with Gasteiger partial charge in [-0.2, -0.15) is 4.98 Å². The molecule has 1 saturated heterocycles. The van der Waals surface area contributed by atoms with Gasteiger partial charge in [0, 0.05) is 25.3 Å². The number of aryl methyl sites for hydroxylation is 2. The summed E-state index contributed by atoms with van der Waals surface area (Å²) in [5.41, 5.74) is 2.64. The largest absolute Gasteiger partial charge is 0.480 e. The van der Waals surface area contributed by atoms with Gasteiger partial charge in [0.05, 0.1) is 7.11 Å². The van der Waals surface area contributed by atoms with E-state index in [-0.39, 0.29) is 12.0 Å². The number of hydrogen-bond acceptors (Lipinski definition) is 7. The average Bonchev–Trinajstić information content (AvgIpc) is 3.40. The fourth-order valence-corrected chi connectivity index (χ4v) is 3.43. The molecular weight excluding hydrogens is 336 g/mol. The van der Waals surface area contributed by atoms with E-state index in [2.05, 4.69) is 20.4 Å². The molecule has 0 bridgehead atoms. The summed E-state index contributed by atoms with van der Waals surface area (Å²) in [6.07, 6.45) is 5.29. The van der Waals surface area contributed by atoms with E-state index in [0.717, 1.165) is 50.0 Å². The second-order valence-electron chi connectivity index (χ2n) is 6.56. The Kier molecular flexibility index (Phi) is 4.83. The Balaban J connectivity index is 1.35. The molecule has 8 nitrogen and oxygen atoms in total. The number of nitrogens with zero attached hydrogens (tertiary/aromatic N) is 3. The van der Waals surface area contributed by atoms with Gasteiger partial charge in [0.25, 0.3) is 11.8 Å². The van der Waals surface area contributed by atoms with Crippen LogP contribution in [0, 0.1) is 0 Å². The highest BCUT2D eigenvalue weighted by Gasteiger charge is 2.24. The molecule has 0 saturated carbocycles. The molecule has 0 aromatic carbocycles. The first-order valence-electron chi connectivity index (χ1n) is 9.03. The lowest BCUT2D eigenvalue weighted by molar-refractivity contribution is 0.0835. The molecule has 2 aliphatic rings. The first-order chi connectivity index (χ1) is 12.7. The summed E-state index contributed by atoms with van der Waals surface area (Å²) in [6, 6.07) is 1.90. The van der Waals surface area contributed by atoms with E-state index in [1.54, 1.807) is 0 Å². The fraction of sp³-hybridized carbons (Fsp3) is 0.556. The number of fused-ring (bicyclic) bond motifs is 1. The van der Waals surface area contributed by atoms with E-state index in [0.29, 0.717) is 36.1 Å². The van der Waals surface area contributed by atoms with Gasteiger partial charge in [0.1, 0.15) is 11.7 Å². The minimum absolute atomic E-state index is 0.0902. The zero-order chi connectivity index (χ0) is 17.9. The van der Waals surface area contributed by atoms with Gasteiger partial charge < -0.3 is 19.3 Å². The molecule has 1 fully saturated rings. The summed E-state index contributed by atoms with van der Waals surface area (Å²) in [6.45, 7) is 1.14. The van der Waals surface area contributed by atoms with E-state index >= 15 is 0 Å². The van der Waals surface area contributed by atoms with Gasteiger partial charge in [-0.05, 0) is 43.7 Å². The number of rotatable bonds is 6. The van der Waals surface area contributed by atoms with Gasteiger partial charge in [-0.3, -0.25) is 4.79 Å². The van der Waals surface area contributed by atoms with Crippen LogP contribution in [0.25, 0.3) is 0 Å². The van der Waals surface area contributed by atoms with Gasteiger partial charge in [0.15, 0.2) is 5.82 Å². The second-order valence-corrected chi connectivity index (χ2v) is 6.56. The van der Waals surface area contributed by atoms with Crippen LogP contribution >= 0.6 is 0 Å². The van der Waals surface area contributed by atoms with Crippen molar-refractivity contribution in [3.8, 4) is 5.88 Å². The van der Waals surface area contributed by atoms with Crippen molar-refractivity contribution in [1.82, 2.24) is 20.4 Å². The van der Waals surface area contributed by atoms with Crippen molar-refractivity contribution >= 4 is 5.91 Å². The number of amides is 1. The van der Waals surface area contributed by atoms with Crippen LogP contribution < -0.4 is 10.1 Å². The summed E-state index contributed by atoms with van der Waals surface area (Å²) >= 11 is 0. The third-order valence-corrected chi connectivity index (χ3v) is 4.78. The number of carbonyl (C=O) groups is 1. The summed E-state index contributed by atoms with van der Waals surface area (Å²) < 4.78 is 16.1. The van der Waals surface area contributed by atoms with E-state index in [1.165, 1.54) is 7.11 Å².